The van der Waals surface area contributed by atoms with E-state index in [1.807, 2.05) is 77.9 Å². The summed E-state index contributed by atoms with van der Waals surface area (Å²) in [5, 5.41) is 6.88. The molecule has 158 valence electrons. The predicted octanol–water partition coefficient (Wildman–Crippen LogP) is 6.90. The average Bonchev–Trinajstić information content (AvgIpc) is 3.18. The van der Waals surface area contributed by atoms with E-state index in [2.05, 4.69) is 55.4 Å². The first-order chi connectivity index (χ1) is 15.6. The molecule has 0 radical (unpaired) electrons. The summed E-state index contributed by atoms with van der Waals surface area (Å²) in [4.78, 5) is 0. The number of hydrogen-bond acceptors (Lipinski definition) is 2. The summed E-state index contributed by atoms with van der Waals surface area (Å²) in [6.45, 7) is 4.21. The van der Waals surface area contributed by atoms with E-state index in [0.717, 1.165) is 33.0 Å². The summed E-state index contributed by atoms with van der Waals surface area (Å²) >= 11 is 0. The zero-order valence-electron chi connectivity index (χ0n) is 18.2. The van der Waals surface area contributed by atoms with Gasteiger partial charge in [0.2, 0.25) is 7.29 Å². The van der Waals surface area contributed by atoms with E-state index < -0.39 is 7.29 Å². The van der Waals surface area contributed by atoms with Gasteiger partial charge in [0.15, 0.2) is 0 Å². The minimum absolute atomic E-state index is 0.801. The van der Waals surface area contributed by atoms with Crippen molar-refractivity contribution in [1.29, 1.82) is 0 Å². The highest BCUT2D eigenvalue weighted by Crippen LogP contribution is 2.59. The molecule has 1 N–H and O–H groups in total. The highest BCUT2D eigenvalue weighted by Gasteiger charge is 2.39. The van der Waals surface area contributed by atoms with Gasteiger partial charge in [0.05, 0.1) is 11.0 Å². The van der Waals surface area contributed by atoms with Gasteiger partial charge in [-0.2, -0.15) is 5.20 Å². The van der Waals surface area contributed by atoms with E-state index in [4.69, 9.17) is 0 Å². The average molecular weight is 436 g/mol. The van der Waals surface area contributed by atoms with E-state index in [9.17, 15) is 4.57 Å². The molecular weight excluding hydrogens is 411 g/mol. The van der Waals surface area contributed by atoms with E-state index in [0.29, 0.717) is 0 Å². The van der Waals surface area contributed by atoms with Crippen LogP contribution in [0, 0.1) is 13.8 Å². The van der Waals surface area contributed by atoms with Crippen LogP contribution in [0.15, 0.2) is 109 Å². The Morgan fingerprint density at radius 3 is 1.81 bits per heavy atom. The molecule has 1 atom stereocenters. The van der Waals surface area contributed by atoms with Gasteiger partial charge in [-0.05, 0) is 65.9 Å². The molecule has 1 aliphatic rings. The monoisotopic (exact) mass is 436 g/mol. The largest absolute Gasteiger partial charge is 0.295 e. The van der Waals surface area contributed by atoms with E-state index >= 15 is 0 Å². The van der Waals surface area contributed by atoms with Gasteiger partial charge in [-0.15, -0.1) is 0 Å². The number of anilines is 1. The fourth-order valence-electron chi connectivity index (χ4n) is 4.38. The molecule has 1 unspecified atom stereocenters. The van der Waals surface area contributed by atoms with Crippen LogP contribution in [0.4, 0.5) is 5.69 Å². The SMILES string of the molecule is Cc1cc(-c2ccccc2)cc(C)c1C1=CN(c2ccccc2)NP1(=O)c1ccccc1. The Bertz CT molecular complexity index is 1310. The van der Waals surface area contributed by atoms with Crippen molar-refractivity contribution in [2.24, 2.45) is 0 Å². The zero-order valence-corrected chi connectivity index (χ0v) is 19.1. The first-order valence-electron chi connectivity index (χ1n) is 10.7. The molecule has 4 heteroatoms. The van der Waals surface area contributed by atoms with Gasteiger partial charge in [0, 0.05) is 11.5 Å². The molecule has 1 heterocycles. The van der Waals surface area contributed by atoms with Gasteiger partial charge in [-0.1, -0.05) is 78.9 Å². The Morgan fingerprint density at radius 1 is 0.688 bits per heavy atom. The molecule has 0 saturated carbocycles. The van der Waals surface area contributed by atoms with Gasteiger partial charge in [-0.25, -0.2) is 0 Å². The Kier molecular flexibility index (Phi) is 5.30. The molecule has 0 fully saturated rings. The third-order valence-electron chi connectivity index (χ3n) is 5.89. The van der Waals surface area contributed by atoms with Crippen LogP contribution in [0.2, 0.25) is 0 Å². The van der Waals surface area contributed by atoms with Crippen molar-refractivity contribution >= 4 is 23.6 Å². The normalized spacial score (nSPS) is 17.9. The Morgan fingerprint density at radius 2 is 1.22 bits per heavy atom. The van der Waals surface area contributed by atoms with Gasteiger partial charge >= 0.3 is 0 Å². The van der Waals surface area contributed by atoms with Crippen molar-refractivity contribution < 1.29 is 4.57 Å². The topological polar surface area (TPSA) is 32.3 Å². The maximum absolute atomic E-state index is 14.6. The highest BCUT2D eigenvalue weighted by atomic mass is 31.2. The van der Waals surface area contributed by atoms with Crippen molar-refractivity contribution in [3.63, 3.8) is 0 Å². The fraction of sp³-hybridized carbons (Fsp3) is 0.0714. The van der Waals surface area contributed by atoms with Crippen LogP contribution < -0.4 is 15.5 Å². The van der Waals surface area contributed by atoms with Gasteiger partial charge in [-0.3, -0.25) is 9.57 Å². The van der Waals surface area contributed by atoms with E-state index in [1.54, 1.807) is 0 Å². The Hall–Kier alpha value is -3.39. The number of aryl methyl sites for hydroxylation is 2. The van der Waals surface area contributed by atoms with Crippen LogP contribution in [0.1, 0.15) is 16.7 Å². The number of hydrogen-bond donors (Lipinski definition) is 1. The first kappa shape index (κ1) is 20.5. The molecule has 0 bridgehead atoms. The number of nitrogens with zero attached hydrogens (tertiary/aromatic N) is 1. The van der Waals surface area contributed by atoms with Gasteiger partial charge in [0.1, 0.15) is 0 Å². The van der Waals surface area contributed by atoms with Crippen LogP contribution in [0.3, 0.4) is 0 Å². The summed E-state index contributed by atoms with van der Waals surface area (Å²) < 4.78 is 14.6. The Labute approximate surface area is 189 Å². The quantitative estimate of drug-likeness (QED) is 0.353. The lowest BCUT2D eigenvalue weighted by Gasteiger charge is -2.22. The van der Waals surface area contributed by atoms with E-state index in [-0.39, 0.29) is 0 Å². The highest BCUT2D eigenvalue weighted by molar-refractivity contribution is 7.79. The third-order valence-corrected chi connectivity index (χ3v) is 8.43. The first-order valence-corrected chi connectivity index (χ1v) is 12.4. The lowest BCUT2D eigenvalue weighted by atomic mass is 9.95. The summed E-state index contributed by atoms with van der Waals surface area (Å²) in [7, 11) is -3.08. The maximum Gasteiger partial charge on any atom is 0.224 e. The minimum Gasteiger partial charge on any atom is -0.295 e. The maximum atomic E-state index is 14.6. The summed E-state index contributed by atoms with van der Waals surface area (Å²) in [5.41, 5.74) is 6.58. The minimum atomic E-state index is -3.08. The molecule has 0 spiro atoms. The van der Waals surface area contributed by atoms with Crippen LogP contribution in [-0.2, 0) is 4.57 Å². The molecule has 4 aromatic carbocycles. The van der Waals surface area contributed by atoms with Crippen LogP contribution in [0.5, 0.6) is 0 Å². The fourth-order valence-corrected chi connectivity index (χ4v) is 6.90. The second-order valence-electron chi connectivity index (χ2n) is 8.12. The van der Waals surface area contributed by atoms with E-state index in [1.165, 1.54) is 11.1 Å². The molecule has 5 rings (SSSR count). The molecule has 0 aliphatic carbocycles. The van der Waals surface area contributed by atoms with Crippen LogP contribution in [0.25, 0.3) is 16.4 Å². The molecule has 0 amide bonds. The van der Waals surface area contributed by atoms with Crippen molar-refractivity contribution in [3.8, 4) is 11.1 Å². The summed E-state index contributed by atoms with van der Waals surface area (Å²) in [5.74, 6) is 0. The summed E-state index contributed by atoms with van der Waals surface area (Å²) in [6, 6.07) is 34.5. The molecule has 32 heavy (non-hydrogen) atoms. The molecule has 4 aromatic rings. The third kappa shape index (κ3) is 3.60. The smallest absolute Gasteiger partial charge is 0.224 e. The predicted molar refractivity (Wildman–Crippen MR) is 135 cm³/mol. The lowest BCUT2D eigenvalue weighted by Crippen LogP contribution is -2.28. The molecule has 0 aromatic heterocycles. The standard InChI is InChI=1S/C28H25N2OP/c1-21-18-24(23-12-6-3-7-13-23)19-22(2)28(21)27-20-30(25-14-8-4-9-15-25)29-32(27,31)26-16-10-5-11-17-26/h3-20H,1-2H3,(H,29,31). The molecular formula is C28H25N2OP. The number of hydrazine groups is 1. The second kappa shape index (κ2) is 8.27. The number of benzene rings is 4. The van der Waals surface area contributed by atoms with Gasteiger partial charge < -0.3 is 0 Å². The van der Waals surface area contributed by atoms with Crippen molar-refractivity contribution in [2.45, 2.75) is 13.8 Å². The van der Waals surface area contributed by atoms with Crippen LogP contribution in [-0.4, -0.2) is 0 Å². The van der Waals surface area contributed by atoms with Gasteiger partial charge in [0.25, 0.3) is 0 Å². The number of rotatable bonds is 4. The number of para-hydroxylation sites is 1. The van der Waals surface area contributed by atoms with Crippen molar-refractivity contribution in [2.75, 3.05) is 5.01 Å². The van der Waals surface area contributed by atoms with Crippen molar-refractivity contribution in [1.82, 2.24) is 5.20 Å². The Balaban J connectivity index is 1.67. The second-order valence-corrected chi connectivity index (χ2v) is 10.5. The van der Waals surface area contributed by atoms with Crippen LogP contribution >= 0.6 is 7.29 Å². The summed E-state index contributed by atoms with van der Waals surface area (Å²) in [6.07, 6.45) is 2.00. The number of nitrogens with one attached hydrogen (secondary N) is 1. The molecule has 1 aliphatic heterocycles. The molecule has 0 saturated heterocycles. The van der Waals surface area contributed by atoms with Crippen molar-refractivity contribution in [3.05, 3.63) is 126 Å². The lowest BCUT2D eigenvalue weighted by molar-refractivity contribution is 0.581. The zero-order chi connectivity index (χ0) is 22.1. The molecule has 3 nitrogen and oxygen atoms in total.